The number of hydrogen-bond donors (Lipinski definition) is 2. The van der Waals surface area contributed by atoms with Crippen LogP contribution in [0, 0.1) is 0 Å². The van der Waals surface area contributed by atoms with E-state index in [1.165, 1.54) is 10.9 Å². The van der Waals surface area contributed by atoms with E-state index >= 15 is 0 Å². The molecule has 0 atom stereocenters. The third-order valence-corrected chi connectivity index (χ3v) is 7.08. The molecule has 10 heteroatoms. The second-order valence-corrected chi connectivity index (χ2v) is 9.24. The number of nitrogens with zero attached hydrogens (tertiary/aromatic N) is 2. The smallest absolute Gasteiger partial charge is 0.214 e. The SMILES string of the molecule is Cn1ncc(CNS(=O)(=O)C2CCS(=O)(=O)CC2)c1N. The van der Waals surface area contributed by atoms with Gasteiger partial charge in [0, 0.05) is 19.2 Å². The van der Waals surface area contributed by atoms with Crippen molar-refractivity contribution < 1.29 is 16.8 Å². The second-order valence-electron chi connectivity index (χ2n) is 4.90. The highest BCUT2D eigenvalue weighted by molar-refractivity contribution is 7.92. The van der Waals surface area contributed by atoms with Crippen LogP contribution in [0.4, 0.5) is 5.82 Å². The van der Waals surface area contributed by atoms with E-state index in [-0.39, 0.29) is 30.9 Å². The van der Waals surface area contributed by atoms with E-state index in [1.54, 1.807) is 7.05 Å². The van der Waals surface area contributed by atoms with Crippen molar-refractivity contribution >= 4 is 25.7 Å². The number of anilines is 1. The number of nitrogen functional groups attached to an aromatic ring is 1. The Morgan fingerprint density at radius 2 is 2.05 bits per heavy atom. The maximum absolute atomic E-state index is 12.1. The Labute approximate surface area is 118 Å². The van der Waals surface area contributed by atoms with Crippen molar-refractivity contribution in [1.82, 2.24) is 14.5 Å². The molecule has 1 saturated heterocycles. The molecule has 114 valence electrons. The van der Waals surface area contributed by atoms with Crippen molar-refractivity contribution in [3.8, 4) is 0 Å². The summed E-state index contributed by atoms with van der Waals surface area (Å²) in [6, 6.07) is 0. The van der Waals surface area contributed by atoms with Crippen molar-refractivity contribution in [2.24, 2.45) is 7.05 Å². The predicted molar refractivity (Wildman–Crippen MR) is 75.1 cm³/mol. The number of aryl methyl sites for hydroxylation is 1. The van der Waals surface area contributed by atoms with Crippen LogP contribution in [0.25, 0.3) is 0 Å². The summed E-state index contributed by atoms with van der Waals surface area (Å²) in [5.41, 5.74) is 6.33. The van der Waals surface area contributed by atoms with E-state index in [1.807, 2.05) is 0 Å². The zero-order valence-corrected chi connectivity index (χ0v) is 12.7. The summed E-state index contributed by atoms with van der Waals surface area (Å²) in [4.78, 5) is 0. The highest BCUT2D eigenvalue weighted by Crippen LogP contribution is 2.19. The molecule has 3 N–H and O–H groups in total. The van der Waals surface area contributed by atoms with Crippen LogP contribution in [0.1, 0.15) is 18.4 Å². The lowest BCUT2D eigenvalue weighted by molar-refractivity contribution is 0.542. The zero-order chi connectivity index (χ0) is 15.0. The molecular weight excluding hydrogens is 304 g/mol. The maximum atomic E-state index is 12.1. The van der Waals surface area contributed by atoms with Gasteiger partial charge in [-0.25, -0.2) is 21.6 Å². The summed E-state index contributed by atoms with van der Waals surface area (Å²) in [5.74, 6) is 0.250. The monoisotopic (exact) mass is 322 g/mol. The summed E-state index contributed by atoms with van der Waals surface area (Å²) >= 11 is 0. The quantitative estimate of drug-likeness (QED) is 0.732. The van der Waals surface area contributed by atoms with Gasteiger partial charge in [0.25, 0.3) is 0 Å². The molecule has 1 aromatic heterocycles. The molecule has 1 aliphatic rings. The van der Waals surface area contributed by atoms with Crippen LogP contribution in [-0.4, -0.2) is 43.4 Å². The Hall–Kier alpha value is -1.13. The van der Waals surface area contributed by atoms with Crippen LogP contribution in [0.2, 0.25) is 0 Å². The average molecular weight is 322 g/mol. The van der Waals surface area contributed by atoms with Crippen LogP contribution < -0.4 is 10.5 Å². The zero-order valence-electron chi connectivity index (χ0n) is 11.1. The number of sulfone groups is 1. The molecule has 1 fully saturated rings. The van der Waals surface area contributed by atoms with E-state index in [2.05, 4.69) is 9.82 Å². The minimum atomic E-state index is -3.55. The van der Waals surface area contributed by atoms with E-state index in [0.717, 1.165) is 0 Å². The normalized spacial score (nSPS) is 20.1. The topological polar surface area (TPSA) is 124 Å². The van der Waals surface area contributed by atoms with Gasteiger partial charge in [0.2, 0.25) is 10.0 Å². The van der Waals surface area contributed by atoms with E-state index in [0.29, 0.717) is 11.4 Å². The Morgan fingerprint density at radius 3 is 2.55 bits per heavy atom. The molecule has 1 aliphatic heterocycles. The maximum Gasteiger partial charge on any atom is 0.214 e. The molecule has 0 amide bonds. The first kappa shape index (κ1) is 15.3. The van der Waals surface area contributed by atoms with E-state index < -0.39 is 25.1 Å². The molecule has 0 aliphatic carbocycles. The average Bonchev–Trinajstić information content (AvgIpc) is 2.67. The van der Waals surface area contributed by atoms with Gasteiger partial charge in [-0.2, -0.15) is 5.10 Å². The van der Waals surface area contributed by atoms with Crippen LogP contribution >= 0.6 is 0 Å². The third kappa shape index (κ3) is 3.30. The summed E-state index contributed by atoms with van der Waals surface area (Å²) < 4.78 is 50.8. The molecule has 0 radical (unpaired) electrons. The Kier molecular flexibility index (Phi) is 4.07. The number of aromatic nitrogens is 2. The molecular formula is C10H18N4O4S2. The first-order chi connectivity index (χ1) is 9.21. The number of nitrogens with one attached hydrogen (secondary N) is 1. The number of hydrogen-bond acceptors (Lipinski definition) is 6. The Balaban J connectivity index is 2.00. The largest absolute Gasteiger partial charge is 0.384 e. The van der Waals surface area contributed by atoms with Crippen molar-refractivity contribution in [3.63, 3.8) is 0 Å². The van der Waals surface area contributed by atoms with Gasteiger partial charge in [0.15, 0.2) is 0 Å². The van der Waals surface area contributed by atoms with Gasteiger partial charge >= 0.3 is 0 Å². The lowest BCUT2D eigenvalue weighted by Crippen LogP contribution is -2.39. The van der Waals surface area contributed by atoms with Crippen LogP contribution in [-0.2, 0) is 33.5 Å². The molecule has 1 aromatic rings. The fourth-order valence-corrected chi connectivity index (χ4v) is 5.34. The highest BCUT2D eigenvalue weighted by atomic mass is 32.2. The highest BCUT2D eigenvalue weighted by Gasteiger charge is 2.32. The van der Waals surface area contributed by atoms with E-state index in [9.17, 15) is 16.8 Å². The van der Waals surface area contributed by atoms with E-state index in [4.69, 9.17) is 5.73 Å². The van der Waals surface area contributed by atoms with Gasteiger partial charge in [-0.3, -0.25) is 4.68 Å². The second kappa shape index (κ2) is 5.34. The van der Waals surface area contributed by atoms with Crippen molar-refractivity contribution in [3.05, 3.63) is 11.8 Å². The lowest BCUT2D eigenvalue weighted by atomic mass is 10.2. The van der Waals surface area contributed by atoms with Crippen LogP contribution in [0.15, 0.2) is 6.20 Å². The molecule has 0 aromatic carbocycles. The predicted octanol–water partition coefficient (Wildman–Crippen LogP) is -1.00. The van der Waals surface area contributed by atoms with Crippen LogP contribution in [0.5, 0.6) is 0 Å². The summed E-state index contributed by atoms with van der Waals surface area (Å²) in [5, 5.41) is 3.26. The van der Waals surface area contributed by atoms with Gasteiger partial charge < -0.3 is 5.73 Å². The number of nitrogens with two attached hydrogens (primary N) is 1. The van der Waals surface area contributed by atoms with Crippen molar-refractivity contribution in [2.75, 3.05) is 17.2 Å². The Morgan fingerprint density at radius 1 is 1.45 bits per heavy atom. The molecule has 0 spiro atoms. The fraction of sp³-hybridized carbons (Fsp3) is 0.700. The van der Waals surface area contributed by atoms with Gasteiger partial charge in [-0.15, -0.1) is 0 Å². The van der Waals surface area contributed by atoms with Crippen LogP contribution in [0.3, 0.4) is 0 Å². The lowest BCUT2D eigenvalue weighted by Gasteiger charge is -2.22. The first-order valence-corrected chi connectivity index (χ1v) is 9.53. The summed E-state index contributed by atoms with van der Waals surface area (Å²) in [6.07, 6.45) is 1.78. The van der Waals surface area contributed by atoms with Gasteiger partial charge in [0.1, 0.15) is 15.7 Å². The van der Waals surface area contributed by atoms with Gasteiger partial charge in [-0.05, 0) is 12.8 Å². The molecule has 0 saturated carbocycles. The van der Waals surface area contributed by atoms with Gasteiger partial charge in [-0.1, -0.05) is 0 Å². The summed E-state index contributed by atoms with van der Waals surface area (Å²) in [7, 11) is -4.95. The molecule has 8 nitrogen and oxygen atoms in total. The molecule has 0 bridgehead atoms. The first-order valence-electron chi connectivity index (χ1n) is 6.16. The minimum absolute atomic E-state index is 0.0608. The number of rotatable bonds is 4. The molecule has 0 unspecified atom stereocenters. The third-order valence-electron chi connectivity index (χ3n) is 3.47. The Bertz CT molecular complexity index is 679. The molecule has 2 heterocycles. The minimum Gasteiger partial charge on any atom is -0.384 e. The van der Waals surface area contributed by atoms with Crippen molar-refractivity contribution in [2.45, 2.75) is 24.6 Å². The van der Waals surface area contributed by atoms with Gasteiger partial charge in [0.05, 0.1) is 23.0 Å². The molecule has 20 heavy (non-hydrogen) atoms. The fourth-order valence-electron chi connectivity index (χ4n) is 2.10. The summed E-state index contributed by atoms with van der Waals surface area (Å²) in [6.45, 7) is 0.0608. The number of sulfonamides is 1. The van der Waals surface area contributed by atoms with Crippen molar-refractivity contribution in [1.29, 1.82) is 0 Å². The standard InChI is InChI=1S/C10H18N4O4S2/c1-14-10(11)8(6-12-14)7-13-20(17,18)9-2-4-19(15,16)5-3-9/h6,9,13H,2-5,7,11H2,1H3. The molecule has 2 rings (SSSR count).